The Morgan fingerprint density at radius 2 is 2.05 bits per heavy atom. The molecule has 2 fully saturated rings. The first kappa shape index (κ1) is 15.0. The maximum absolute atomic E-state index is 5.44. The number of benzene rings is 1. The van der Waals surface area contributed by atoms with Gasteiger partial charge in [0.2, 0.25) is 0 Å². The highest BCUT2D eigenvalue weighted by Gasteiger charge is 2.28. The third-order valence-corrected chi connectivity index (χ3v) is 5.01. The third kappa shape index (κ3) is 3.85. The molecule has 0 amide bonds. The predicted molar refractivity (Wildman–Crippen MR) is 86.5 cm³/mol. The lowest BCUT2D eigenvalue weighted by atomic mass is 10.0. The van der Waals surface area contributed by atoms with E-state index in [0.29, 0.717) is 6.04 Å². The van der Waals surface area contributed by atoms with Crippen LogP contribution in [0.25, 0.3) is 0 Å². The molecule has 0 spiro atoms. The zero-order valence-corrected chi connectivity index (χ0v) is 13.4. The van der Waals surface area contributed by atoms with E-state index < -0.39 is 0 Å². The normalized spacial score (nSPS) is 26.1. The summed E-state index contributed by atoms with van der Waals surface area (Å²) in [5.41, 5.74) is 2.82. The molecule has 2 atom stereocenters. The molecular weight excluding hydrogens is 260 g/mol. The second-order valence-corrected chi connectivity index (χ2v) is 6.65. The molecule has 21 heavy (non-hydrogen) atoms. The van der Waals surface area contributed by atoms with Crippen molar-refractivity contribution >= 4 is 0 Å². The van der Waals surface area contributed by atoms with Crippen LogP contribution in [0.2, 0.25) is 0 Å². The van der Waals surface area contributed by atoms with Crippen molar-refractivity contribution in [3.8, 4) is 0 Å². The van der Waals surface area contributed by atoms with Crippen LogP contribution < -0.4 is 0 Å². The molecule has 1 aromatic rings. The van der Waals surface area contributed by atoms with Crippen LogP contribution in [-0.4, -0.2) is 55.7 Å². The number of hydrogen-bond donors (Lipinski definition) is 0. The molecule has 0 radical (unpaired) electrons. The van der Waals surface area contributed by atoms with E-state index >= 15 is 0 Å². The fourth-order valence-corrected chi connectivity index (χ4v) is 3.65. The van der Waals surface area contributed by atoms with Crippen LogP contribution >= 0.6 is 0 Å². The number of nitrogens with zero attached hydrogens (tertiary/aromatic N) is 2. The number of likely N-dealkylation sites (tertiary alicyclic amines) is 1. The van der Waals surface area contributed by atoms with Gasteiger partial charge in [-0.1, -0.05) is 29.8 Å². The molecule has 116 valence electrons. The first-order valence-electron chi connectivity index (χ1n) is 8.33. The SMILES string of the molecule is Cc1cccc([C@@H](C)N2CC[C@H](CN3CCOCC3)C2)c1. The van der Waals surface area contributed by atoms with Gasteiger partial charge in [-0.3, -0.25) is 9.80 Å². The Hall–Kier alpha value is -0.900. The fraction of sp³-hybridized carbons (Fsp3) is 0.667. The fourth-order valence-electron chi connectivity index (χ4n) is 3.65. The predicted octanol–water partition coefficient (Wildman–Crippen LogP) is 2.71. The molecule has 2 saturated heterocycles. The van der Waals surface area contributed by atoms with Crippen LogP contribution in [0.5, 0.6) is 0 Å². The average Bonchev–Trinajstić information content (AvgIpc) is 2.96. The molecular formula is C18H28N2O. The van der Waals surface area contributed by atoms with E-state index in [0.717, 1.165) is 32.2 Å². The molecule has 3 heteroatoms. The lowest BCUT2D eigenvalue weighted by molar-refractivity contribution is 0.0309. The number of rotatable bonds is 4. The molecule has 1 aromatic carbocycles. The number of hydrogen-bond acceptors (Lipinski definition) is 3. The van der Waals surface area contributed by atoms with Gasteiger partial charge in [0.25, 0.3) is 0 Å². The molecule has 3 nitrogen and oxygen atoms in total. The third-order valence-electron chi connectivity index (χ3n) is 5.01. The van der Waals surface area contributed by atoms with Gasteiger partial charge in [0, 0.05) is 32.2 Å². The summed E-state index contributed by atoms with van der Waals surface area (Å²) in [4.78, 5) is 5.23. The highest BCUT2D eigenvalue weighted by molar-refractivity contribution is 5.24. The van der Waals surface area contributed by atoms with Gasteiger partial charge in [-0.25, -0.2) is 0 Å². The van der Waals surface area contributed by atoms with Crippen molar-refractivity contribution < 1.29 is 4.74 Å². The Bertz CT molecular complexity index is 456. The summed E-state index contributed by atoms with van der Waals surface area (Å²) >= 11 is 0. The summed E-state index contributed by atoms with van der Waals surface area (Å²) in [7, 11) is 0. The summed E-state index contributed by atoms with van der Waals surface area (Å²) < 4.78 is 5.44. The lowest BCUT2D eigenvalue weighted by Crippen LogP contribution is -2.40. The summed E-state index contributed by atoms with van der Waals surface area (Å²) in [5, 5.41) is 0. The molecule has 0 bridgehead atoms. The largest absolute Gasteiger partial charge is 0.379 e. The van der Waals surface area contributed by atoms with Gasteiger partial charge in [0.05, 0.1) is 13.2 Å². The topological polar surface area (TPSA) is 15.7 Å². The van der Waals surface area contributed by atoms with Crippen molar-refractivity contribution in [1.29, 1.82) is 0 Å². The highest BCUT2D eigenvalue weighted by Crippen LogP contribution is 2.28. The quantitative estimate of drug-likeness (QED) is 0.847. The van der Waals surface area contributed by atoms with Gasteiger partial charge in [-0.2, -0.15) is 0 Å². The summed E-state index contributed by atoms with van der Waals surface area (Å²) in [6.45, 7) is 12.3. The van der Waals surface area contributed by atoms with E-state index in [1.807, 2.05) is 0 Å². The van der Waals surface area contributed by atoms with E-state index in [1.54, 1.807) is 0 Å². The van der Waals surface area contributed by atoms with Crippen LogP contribution in [0.15, 0.2) is 24.3 Å². The van der Waals surface area contributed by atoms with E-state index in [4.69, 9.17) is 4.74 Å². The van der Waals surface area contributed by atoms with Crippen LogP contribution in [-0.2, 0) is 4.74 Å². The average molecular weight is 288 g/mol. The van der Waals surface area contributed by atoms with Gasteiger partial charge in [-0.05, 0) is 38.3 Å². The Balaban J connectivity index is 1.53. The van der Waals surface area contributed by atoms with Crippen LogP contribution in [0.4, 0.5) is 0 Å². The van der Waals surface area contributed by atoms with Gasteiger partial charge in [0.15, 0.2) is 0 Å². The molecule has 0 unspecified atom stereocenters. The number of aryl methyl sites for hydroxylation is 1. The van der Waals surface area contributed by atoms with E-state index in [9.17, 15) is 0 Å². The number of ether oxygens (including phenoxy) is 1. The number of morpholine rings is 1. The standard InChI is InChI=1S/C18H28N2O/c1-15-4-3-5-18(12-15)16(2)20-7-6-17(14-20)13-19-8-10-21-11-9-19/h3-5,12,16-17H,6-11,13-14H2,1-2H3/t16-,17-/m1/s1. The van der Waals surface area contributed by atoms with E-state index in [2.05, 4.69) is 47.9 Å². The molecule has 2 aliphatic heterocycles. The van der Waals surface area contributed by atoms with Crippen LogP contribution in [0.3, 0.4) is 0 Å². The zero-order chi connectivity index (χ0) is 14.7. The van der Waals surface area contributed by atoms with Gasteiger partial charge in [-0.15, -0.1) is 0 Å². The van der Waals surface area contributed by atoms with Gasteiger partial charge >= 0.3 is 0 Å². The van der Waals surface area contributed by atoms with Crippen molar-refractivity contribution in [2.24, 2.45) is 5.92 Å². The Kier molecular flexibility index (Phi) is 4.94. The minimum absolute atomic E-state index is 0.541. The highest BCUT2D eigenvalue weighted by atomic mass is 16.5. The first-order chi connectivity index (χ1) is 10.2. The van der Waals surface area contributed by atoms with Crippen LogP contribution in [0, 0.1) is 12.8 Å². The molecule has 3 rings (SSSR count). The Morgan fingerprint density at radius 1 is 1.24 bits per heavy atom. The minimum atomic E-state index is 0.541. The van der Waals surface area contributed by atoms with Gasteiger partial charge < -0.3 is 4.74 Å². The molecule has 0 N–H and O–H groups in total. The second-order valence-electron chi connectivity index (χ2n) is 6.65. The van der Waals surface area contributed by atoms with E-state index in [1.165, 1.54) is 37.2 Å². The maximum atomic E-state index is 5.44. The summed E-state index contributed by atoms with van der Waals surface area (Å²) in [6.07, 6.45) is 1.34. The Labute approximate surface area is 128 Å². The van der Waals surface area contributed by atoms with Crippen molar-refractivity contribution in [3.63, 3.8) is 0 Å². The summed E-state index contributed by atoms with van der Waals surface area (Å²) in [6, 6.07) is 9.51. The van der Waals surface area contributed by atoms with Crippen molar-refractivity contribution in [1.82, 2.24) is 9.80 Å². The van der Waals surface area contributed by atoms with Crippen molar-refractivity contribution in [2.45, 2.75) is 26.3 Å². The zero-order valence-electron chi connectivity index (χ0n) is 13.4. The molecule has 0 aromatic heterocycles. The van der Waals surface area contributed by atoms with Gasteiger partial charge in [0.1, 0.15) is 0 Å². The molecule has 0 aliphatic carbocycles. The Morgan fingerprint density at radius 3 is 2.81 bits per heavy atom. The molecule has 2 heterocycles. The first-order valence-corrected chi connectivity index (χ1v) is 8.33. The summed E-state index contributed by atoms with van der Waals surface area (Å²) in [5.74, 6) is 0.829. The smallest absolute Gasteiger partial charge is 0.0594 e. The minimum Gasteiger partial charge on any atom is -0.379 e. The van der Waals surface area contributed by atoms with Crippen LogP contribution in [0.1, 0.15) is 30.5 Å². The maximum Gasteiger partial charge on any atom is 0.0594 e. The van der Waals surface area contributed by atoms with E-state index in [-0.39, 0.29) is 0 Å². The molecule has 2 aliphatic rings. The lowest BCUT2D eigenvalue weighted by Gasteiger charge is -2.30. The monoisotopic (exact) mass is 288 g/mol. The molecule has 0 saturated carbocycles. The van der Waals surface area contributed by atoms with Crippen molar-refractivity contribution in [3.05, 3.63) is 35.4 Å². The second kappa shape index (κ2) is 6.91. The van der Waals surface area contributed by atoms with Crippen molar-refractivity contribution in [2.75, 3.05) is 45.9 Å².